The van der Waals surface area contributed by atoms with Crippen LogP contribution < -0.4 is 11.1 Å². The summed E-state index contributed by atoms with van der Waals surface area (Å²) < 4.78 is 13.0. The van der Waals surface area contributed by atoms with Crippen LogP contribution in [0.3, 0.4) is 0 Å². The standard InChI is InChI=1S/C12H13ClFN3O4/c13-8-3-7(1-2-9(8)14)4-16-12(21)17(5-10(15)18)6-11(19)20/h1-3H,4-6H2,(H2,15,18)(H,16,21)(H,19,20). The van der Waals surface area contributed by atoms with Crippen LogP contribution in [-0.4, -0.2) is 41.0 Å². The van der Waals surface area contributed by atoms with Gasteiger partial charge in [0.15, 0.2) is 0 Å². The Bertz CT molecular complexity index is 551. The third kappa shape index (κ3) is 5.65. The minimum atomic E-state index is -1.28. The Balaban J connectivity index is 2.65. The third-order valence-electron chi connectivity index (χ3n) is 2.39. The van der Waals surface area contributed by atoms with Crippen LogP contribution >= 0.6 is 11.6 Å². The van der Waals surface area contributed by atoms with Gasteiger partial charge in [-0.25, -0.2) is 9.18 Å². The average molecular weight is 318 g/mol. The number of urea groups is 1. The van der Waals surface area contributed by atoms with E-state index in [2.05, 4.69) is 5.32 Å². The van der Waals surface area contributed by atoms with E-state index in [0.717, 1.165) is 11.0 Å². The van der Waals surface area contributed by atoms with Crippen molar-refractivity contribution in [3.05, 3.63) is 34.6 Å². The molecular formula is C12H13ClFN3O4. The highest BCUT2D eigenvalue weighted by Gasteiger charge is 2.18. The fourth-order valence-corrected chi connectivity index (χ4v) is 1.69. The predicted octanol–water partition coefficient (Wildman–Crippen LogP) is 0.561. The van der Waals surface area contributed by atoms with Crippen molar-refractivity contribution in [2.75, 3.05) is 13.1 Å². The second kappa shape index (κ2) is 7.44. The van der Waals surface area contributed by atoms with Crippen LogP contribution in [0.4, 0.5) is 9.18 Å². The van der Waals surface area contributed by atoms with Crippen LogP contribution in [0.1, 0.15) is 5.56 Å². The Morgan fingerprint density at radius 3 is 2.52 bits per heavy atom. The number of primary amides is 1. The fourth-order valence-electron chi connectivity index (χ4n) is 1.49. The molecule has 1 aromatic carbocycles. The van der Waals surface area contributed by atoms with E-state index in [9.17, 15) is 18.8 Å². The number of nitrogens with zero attached hydrogens (tertiary/aromatic N) is 1. The fraction of sp³-hybridized carbons (Fsp3) is 0.250. The van der Waals surface area contributed by atoms with Gasteiger partial charge in [0.1, 0.15) is 18.9 Å². The molecule has 1 rings (SSSR count). The van der Waals surface area contributed by atoms with Gasteiger partial charge in [-0.2, -0.15) is 0 Å². The lowest BCUT2D eigenvalue weighted by Gasteiger charge is -2.19. The summed E-state index contributed by atoms with van der Waals surface area (Å²) in [5.41, 5.74) is 5.46. The molecule has 0 atom stereocenters. The van der Waals surface area contributed by atoms with Gasteiger partial charge in [0.2, 0.25) is 5.91 Å². The van der Waals surface area contributed by atoms with Crippen molar-refractivity contribution in [1.82, 2.24) is 10.2 Å². The third-order valence-corrected chi connectivity index (χ3v) is 2.68. The van der Waals surface area contributed by atoms with E-state index in [-0.39, 0.29) is 11.6 Å². The lowest BCUT2D eigenvalue weighted by molar-refractivity contribution is -0.137. The van der Waals surface area contributed by atoms with Crippen molar-refractivity contribution in [2.24, 2.45) is 5.73 Å². The molecule has 0 aromatic heterocycles. The van der Waals surface area contributed by atoms with Crippen LogP contribution in [0.25, 0.3) is 0 Å². The molecule has 4 N–H and O–H groups in total. The Morgan fingerprint density at radius 1 is 1.33 bits per heavy atom. The molecule has 0 saturated carbocycles. The number of carboxylic acids is 1. The lowest BCUT2D eigenvalue weighted by atomic mass is 10.2. The van der Waals surface area contributed by atoms with E-state index in [0.29, 0.717) is 5.56 Å². The number of hydrogen-bond acceptors (Lipinski definition) is 3. The van der Waals surface area contributed by atoms with E-state index in [4.69, 9.17) is 22.4 Å². The normalized spacial score (nSPS) is 10.0. The summed E-state index contributed by atoms with van der Waals surface area (Å²) in [6, 6.07) is 3.10. The molecule has 0 unspecified atom stereocenters. The second-order valence-corrected chi connectivity index (χ2v) is 4.53. The predicted molar refractivity (Wildman–Crippen MR) is 72.0 cm³/mol. The first-order valence-corrected chi connectivity index (χ1v) is 6.14. The zero-order valence-electron chi connectivity index (χ0n) is 10.8. The maximum Gasteiger partial charge on any atom is 0.323 e. The highest BCUT2D eigenvalue weighted by Crippen LogP contribution is 2.15. The smallest absolute Gasteiger partial charge is 0.323 e. The summed E-state index contributed by atoms with van der Waals surface area (Å²) in [5, 5.41) is 11.0. The molecule has 0 aliphatic heterocycles. The van der Waals surface area contributed by atoms with E-state index in [1.807, 2.05) is 0 Å². The topological polar surface area (TPSA) is 113 Å². The van der Waals surface area contributed by atoms with Crippen molar-refractivity contribution in [3.8, 4) is 0 Å². The Morgan fingerprint density at radius 2 is 2.00 bits per heavy atom. The molecule has 21 heavy (non-hydrogen) atoms. The van der Waals surface area contributed by atoms with E-state index < -0.39 is 36.8 Å². The number of aliphatic carboxylic acids is 1. The molecule has 0 heterocycles. The van der Waals surface area contributed by atoms with E-state index in [1.165, 1.54) is 12.1 Å². The highest BCUT2D eigenvalue weighted by atomic mass is 35.5. The number of rotatable bonds is 6. The van der Waals surface area contributed by atoms with Gasteiger partial charge in [0.05, 0.1) is 5.02 Å². The quantitative estimate of drug-likeness (QED) is 0.711. The maximum absolute atomic E-state index is 13.0. The van der Waals surface area contributed by atoms with E-state index in [1.54, 1.807) is 0 Å². The maximum atomic E-state index is 13.0. The monoisotopic (exact) mass is 317 g/mol. The zero-order valence-corrected chi connectivity index (χ0v) is 11.6. The van der Waals surface area contributed by atoms with Gasteiger partial charge in [-0.3, -0.25) is 9.59 Å². The summed E-state index contributed by atoms with van der Waals surface area (Å²) in [7, 11) is 0. The zero-order chi connectivity index (χ0) is 16.0. The second-order valence-electron chi connectivity index (χ2n) is 4.12. The highest BCUT2D eigenvalue weighted by molar-refractivity contribution is 6.30. The van der Waals surface area contributed by atoms with Crippen molar-refractivity contribution in [1.29, 1.82) is 0 Å². The van der Waals surface area contributed by atoms with Gasteiger partial charge >= 0.3 is 12.0 Å². The molecule has 3 amide bonds. The van der Waals surface area contributed by atoms with Gasteiger partial charge in [0, 0.05) is 6.54 Å². The van der Waals surface area contributed by atoms with Crippen LogP contribution in [-0.2, 0) is 16.1 Å². The summed E-state index contributed by atoms with van der Waals surface area (Å²) >= 11 is 5.59. The van der Waals surface area contributed by atoms with Gasteiger partial charge in [0.25, 0.3) is 0 Å². The van der Waals surface area contributed by atoms with Crippen LogP contribution in [0.2, 0.25) is 5.02 Å². The minimum Gasteiger partial charge on any atom is -0.480 e. The number of amides is 3. The van der Waals surface area contributed by atoms with Crippen LogP contribution in [0.5, 0.6) is 0 Å². The number of nitrogens with one attached hydrogen (secondary N) is 1. The number of hydrogen-bond donors (Lipinski definition) is 3. The number of carbonyl (C=O) groups excluding carboxylic acids is 2. The molecule has 0 fully saturated rings. The van der Waals surface area contributed by atoms with Gasteiger partial charge < -0.3 is 21.1 Å². The molecular weight excluding hydrogens is 305 g/mol. The number of carbonyl (C=O) groups is 3. The molecule has 0 aliphatic carbocycles. The summed E-state index contributed by atoms with van der Waals surface area (Å²) in [4.78, 5) is 33.9. The Kier molecular flexibility index (Phi) is 5.92. The Labute approximate surface area is 124 Å². The van der Waals surface area contributed by atoms with Gasteiger partial charge in [-0.15, -0.1) is 0 Å². The SMILES string of the molecule is NC(=O)CN(CC(=O)O)C(=O)NCc1ccc(F)c(Cl)c1. The number of halogens is 2. The Hall–Kier alpha value is -2.35. The van der Waals surface area contributed by atoms with Crippen LogP contribution in [0, 0.1) is 5.82 Å². The summed E-state index contributed by atoms with van der Waals surface area (Å²) in [5.74, 6) is -2.71. The summed E-state index contributed by atoms with van der Waals surface area (Å²) in [6.07, 6.45) is 0. The number of benzene rings is 1. The van der Waals surface area contributed by atoms with Gasteiger partial charge in [-0.1, -0.05) is 17.7 Å². The minimum absolute atomic E-state index is 0.00624. The summed E-state index contributed by atoms with van der Waals surface area (Å²) in [6.45, 7) is -1.20. The van der Waals surface area contributed by atoms with Gasteiger partial charge in [-0.05, 0) is 17.7 Å². The first-order valence-electron chi connectivity index (χ1n) is 5.76. The molecule has 114 valence electrons. The molecule has 1 aromatic rings. The number of carboxylic acid groups (broad SMARTS) is 1. The largest absolute Gasteiger partial charge is 0.480 e. The van der Waals surface area contributed by atoms with Crippen molar-refractivity contribution >= 4 is 29.5 Å². The van der Waals surface area contributed by atoms with E-state index >= 15 is 0 Å². The molecule has 0 aliphatic rings. The molecule has 9 heteroatoms. The average Bonchev–Trinajstić information content (AvgIpc) is 2.38. The molecule has 0 spiro atoms. The van der Waals surface area contributed by atoms with Crippen LogP contribution in [0.15, 0.2) is 18.2 Å². The molecule has 0 radical (unpaired) electrons. The van der Waals surface area contributed by atoms with Crippen molar-refractivity contribution < 1.29 is 23.9 Å². The first-order chi connectivity index (χ1) is 9.79. The lowest BCUT2D eigenvalue weighted by Crippen LogP contribution is -2.46. The van der Waals surface area contributed by atoms with Crippen molar-refractivity contribution in [2.45, 2.75) is 6.54 Å². The number of nitrogens with two attached hydrogens (primary N) is 1. The molecule has 7 nitrogen and oxygen atoms in total. The first kappa shape index (κ1) is 16.7. The van der Waals surface area contributed by atoms with Crippen molar-refractivity contribution in [3.63, 3.8) is 0 Å². The molecule has 0 bridgehead atoms. The molecule has 0 saturated heterocycles.